The molecule has 0 aromatic heterocycles. The summed E-state index contributed by atoms with van der Waals surface area (Å²) in [5.74, 6) is -1.67. The number of nitro benzene ring substituents is 1. The van der Waals surface area contributed by atoms with Crippen LogP contribution in [0.4, 0.5) is 15.8 Å². The second-order valence-electron chi connectivity index (χ2n) is 6.26. The van der Waals surface area contributed by atoms with Gasteiger partial charge in [0, 0.05) is 30.8 Å². The van der Waals surface area contributed by atoms with E-state index in [4.69, 9.17) is 9.47 Å². The number of morpholine rings is 1. The first-order valence-corrected chi connectivity index (χ1v) is 10.2. The summed E-state index contributed by atoms with van der Waals surface area (Å²) in [6, 6.07) is 6.44. The average molecular weight is 439 g/mol. The smallest absolute Gasteiger partial charge is 0.271 e. The molecule has 12 heteroatoms. The number of sulfonamides is 1. The molecule has 1 aliphatic heterocycles. The lowest BCUT2D eigenvalue weighted by Gasteiger charge is -2.26. The summed E-state index contributed by atoms with van der Waals surface area (Å²) in [5.41, 5.74) is -0.895. The van der Waals surface area contributed by atoms with E-state index >= 15 is 0 Å². The van der Waals surface area contributed by atoms with Crippen LogP contribution in [0.2, 0.25) is 0 Å². The number of rotatable bonds is 6. The van der Waals surface area contributed by atoms with Gasteiger partial charge < -0.3 is 14.8 Å². The molecule has 1 heterocycles. The Hall–Kier alpha value is -3.09. The highest BCUT2D eigenvalue weighted by atomic mass is 32.2. The van der Waals surface area contributed by atoms with Gasteiger partial charge >= 0.3 is 0 Å². The fraction of sp³-hybridized carbons (Fsp3) is 0.278. The Balaban J connectivity index is 1.94. The molecule has 0 atom stereocenters. The molecule has 30 heavy (non-hydrogen) atoms. The summed E-state index contributed by atoms with van der Waals surface area (Å²) in [6.07, 6.45) is 0. The van der Waals surface area contributed by atoms with E-state index in [1.165, 1.54) is 23.5 Å². The fourth-order valence-corrected chi connectivity index (χ4v) is 4.45. The molecule has 1 N–H and O–H groups in total. The Morgan fingerprint density at radius 2 is 1.93 bits per heavy atom. The maximum Gasteiger partial charge on any atom is 0.271 e. The van der Waals surface area contributed by atoms with Crippen LogP contribution < -0.4 is 10.1 Å². The number of hydrogen-bond donors (Lipinski definition) is 1. The Labute approximate surface area is 171 Å². The van der Waals surface area contributed by atoms with E-state index < -0.39 is 38.0 Å². The Kier molecular flexibility index (Phi) is 6.29. The van der Waals surface area contributed by atoms with Crippen molar-refractivity contribution in [3.8, 4) is 5.75 Å². The van der Waals surface area contributed by atoms with Gasteiger partial charge in [0.05, 0.1) is 30.9 Å². The third-order valence-corrected chi connectivity index (χ3v) is 6.34. The maximum atomic E-state index is 14.0. The van der Waals surface area contributed by atoms with Crippen molar-refractivity contribution < 1.29 is 32.0 Å². The molecule has 1 saturated heterocycles. The van der Waals surface area contributed by atoms with Crippen molar-refractivity contribution in [3.63, 3.8) is 0 Å². The zero-order valence-corrected chi connectivity index (χ0v) is 16.6. The van der Waals surface area contributed by atoms with Gasteiger partial charge in [-0.25, -0.2) is 12.8 Å². The van der Waals surface area contributed by atoms with E-state index in [1.807, 2.05) is 0 Å². The van der Waals surface area contributed by atoms with E-state index in [0.717, 1.165) is 24.3 Å². The summed E-state index contributed by atoms with van der Waals surface area (Å²) in [6.45, 7) is 0.795. The quantitative estimate of drug-likeness (QED) is 0.539. The molecule has 3 rings (SSSR count). The van der Waals surface area contributed by atoms with Crippen molar-refractivity contribution in [1.82, 2.24) is 4.31 Å². The van der Waals surface area contributed by atoms with Crippen molar-refractivity contribution in [2.45, 2.75) is 4.90 Å². The first kappa shape index (κ1) is 21.6. The van der Waals surface area contributed by atoms with Gasteiger partial charge in [-0.1, -0.05) is 0 Å². The summed E-state index contributed by atoms with van der Waals surface area (Å²) >= 11 is 0. The molecule has 1 fully saturated rings. The van der Waals surface area contributed by atoms with Crippen molar-refractivity contribution in [2.75, 3.05) is 38.7 Å². The van der Waals surface area contributed by atoms with E-state index in [2.05, 4.69) is 5.32 Å². The zero-order chi connectivity index (χ0) is 21.9. The van der Waals surface area contributed by atoms with Gasteiger partial charge in [0.1, 0.15) is 16.5 Å². The molecule has 0 bridgehead atoms. The number of nitro groups is 1. The number of methoxy groups -OCH3 is 1. The van der Waals surface area contributed by atoms with Gasteiger partial charge in [-0.15, -0.1) is 0 Å². The molecule has 0 unspecified atom stereocenters. The SMILES string of the molecule is COc1ccc(C(=O)Nc2cc([N+](=O)[O-])ccc2F)cc1S(=O)(=O)N1CCOCC1. The minimum absolute atomic E-state index is 0.0413. The average Bonchev–Trinajstić information content (AvgIpc) is 2.75. The highest BCUT2D eigenvalue weighted by Gasteiger charge is 2.30. The Bertz CT molecular complexity index is 1090. The predicted molar refractivity (Wildman–Crippen MR) is 104 cm³/mol. The highest BCUT2D eigenvalue weighted by Crippen LogP contribution is 2.29. The van der Waals surface area contributed by atoms with Crippen LogP contribution >= 0.6 is 0 Å². The molecule has 10 nitrogen and oxygen atoms in total. The minimum Gasteiger partial charge on any atom is -0.495 e. The number of carbonyl (C=O) groups is 1. The summed E-state index contributed by atoms with van der Waals surface area (Å²) < 4.78 is 51.5. The number of carbonyl (C=O) groups excluding carboxylic acids is 1. The van der Waals surface area contributed by atoms with E-state index in [1.54, 1.807) is 0 Å². The highest BCUT2D eigenvalue weighted by molar-refractivity contribution is 7.89. The largest absolute Gasteiger partial charge is 0.495 e. The van der Waals surface area contributed by atoms with Gasteiger partial charge in [-0.05, 0) is 24.3 Å². The van der Waals surface area contributed by atoms with Crippen LogP contribution in [0, 0.1) is 15.9 Å². The Morgan fingerprint density at radius 1 is 1.23 bits per heavy atom. The van der Waals surface area contributed by atoms with Crippen molar-refractivity contribution in [2.24, 2.45) is 0 Å². The number of anilines is 1. The zero-order valence-electron chi connectivity index (χ0n) is 15.8. The lowest BCUT2D eigenvalue weighted by atomic mass is 10.2. The van der Waals surface area contributed by atoms with Gasteiger partial charge in [0.15, 0.2) is 0 Å². The monoisotopic (exact) mass is 439 g/mol. The predicted octanol–water partition coefficient (Wildman–Crippen LogP) is 2.02. The second kappa shape index (κ2) is 8.73. The number of halogens is 1. The van der Waals surface area contributed by atoms with Crippen LogP contribution in [0.15, 0.2) is 41.3 Å². The van der Waals surface area contributed by atoms with Crippen LogP contribution in [0.5, 0.6) is 5.75 Å². The van der Waals surface area contributed by atoms with E-state index in [0.29, 0.717) is 0 Å². The summed E-state index contributed by atoms with van der Waals surface area (Å²) in [4.78, 5) is 22.5. The number of non-ortho nitro benzene ring substituents is 1. The van der Waals surface area contributed by atoms with Crippen molar-refractivity contribution in [1.29, 1.82) is 0 Å². The normalized spacial score (nSPS) is 14.9. The lowest BCUT2D eigenvalue weighted by Crippen LogP contribution is -2.40. The fourth-order valence-electron chi connectivity index (χ4n) is 2.86. The molecule has 0 aliphatic carbocycles. The van der Waals surface area contributed by atoms with Gasteiger partial charge in [-0.2, -0.15) is 4.31 Å². The molecule has 2 aromatic rings. The molecule has 2 aromatic carbocycles. The number of nitrogens with zero attached hydrogens (tertiary/aromatic N) is 2. The third-order valence-electron chi connectivity index (χ3n) is 4.42. The molecule has 1 aliphatic rings. The molecule has 0 spiro atoms. The summed E-state index contributed by atoms with van der Waals surface area (Å²) in [5, 5.41) is 13.1. The van der Waals surface area contributed by atoms with Crippen LogP contribution in [-0.4, -0.2) is 57.0 Å². The third kappa shape index (κ3) is 4.40. The molecule has 0 saturated carbocycles. The molecule has 1 amide bonds. The molecular weight excluding hydrogens is 421 g/mol. The first-order chi connectivity index (χ1) is 14.2. The van der Waals surface area contributed by atoms with Crippen LogP contribution in [0.25, 0.3) is 0 Å². The summed E-state index contributed by atoms with van der Waals surface area (Å²) in [7, 11) is -2.68. The van der Waals surface area contributed by atoms with Gasteiger partial charge in [0.25, 0.3) is 11.6 Å². The number of amides is 1. The molecule has 0 radical (unpaired) electrons. The Morgan fingerprint density at radius 3 is 2.57 bits per heavy atom. The standard InChI is InChI=1S/C18H18FN3O7S/c1-28-16-5-2-12(10-17(16)30(26,27)21-6-8-29-9-7-21)18(23)20-15-11-13(22(24)25)3-4-14(15)19/h2-5,10-11H,6-9H2,1H3,(H,20,23). The van der Waals surface area contributed by atoms with Gasteiger partial charge in [-0.3, -0.25) is 14.9 Å². The number of hydrogen-bond acceptors (Lipinski definition) is 7. The maximum absolute atomic E-state index is 14.0. The number of ether oxygens (including phenoxy) is 2. The van der Waals surface area contributed by atoms with E-state index in [9.17, 15) is 27.7 Å². The molecular formula is C18H18FN3O7S. The first-order valence-electron chi connectivity index (χ1n) is 8.75. The van der Waals surface area contributed by atoms with Crippen LogP contribution in [0.3, 0.4) is 0 Å². The topological polar surface area (TPSA) is 128 Å². The van der Waals surface area contributed by atoms with E-state index in [-0.39, 0.29) is 42.5 Å². The number of benzene rings is 2. The minimum atomic E-state index is -3.97. The van der Waals surface area contributed by atoms with Crippen molar-refractivity contribution in [3.05, 3.63) is 57.9 Å². The lowest BCUT2D eigenvalue weighted by molar-refractivity contribution is -0.384. The number of nitrogens with one attached hydrogen (secondary N) is 1. The van der Waals surface area contributed by atoms with Gasteiger partial charge in [0.2, 0.25) is 10.0 Å². The second-order valence-corrected chi connectivity index (χ2v) is 8.16. The van der Waals surface area contributed by atoms with Crippen LogP contribution in [-0.2, 0) is 14.8 Å². The van der Waals surface area contributed by atoms with Crippen molar-refractivity contribution >= 4 is 27.3 Å². The van der Waals surface area contributed by atoms with Crippen LogP contribution in [0.1, 0.15) is 10.4 Å². The molecule has 160 valence electrons.